The van der Waals surface area contributed by atoms with Crippen LogP contribution in [0.1, 0.15) is 52.4 Å². The fourth-order valence-corrected chi connectivity index (χ4v) is 4.01. The Morgan fingerprint density at radius 2 is 1.74 bits per heavy atom. The Kier molecular flexibility index (Phi) is 5.27. The first-order chi connectivity index (χ1) is 9.14. The molecule has 2 bridgehead atoms. The maximum absolute atomic E-state index is 9.60. The molecule has 2 atom stereocenters. The fourth-order valence-electron chi connectivity index (χ4n) is 4.01. The van der Waals surface area contributed by atoms with E-state index in [2.05, 4.69) is 31.1 Å². The normalized spacial score (nSPS) is 31.9. The molecule has 2 N–H and O–H groups in total. The SMILES string of the molecule is CCC(CC)(CO)CNCC1CC2CCC(C1)N2C. The van der Waals surface area contributed by atoms with Crippen molar-refractivity contribution >= 4 is 0 Å². The Labute approximate surface area is 118 Å². The molecule has 2 unspecified atom stereocenters. The summed E-state index contributed by atoms with van der Waals surface area (Å²) in [4.78, 5) is 2.60. The van der Waals surface area contributed by atoms with E-state index in [1.807, 2.05) is 0 Å². The quantitative estimate of drug-likeness (QED) is 0.743. The summed E-state index contributed by atoms with van der Waals surface area (Å²) in [6.45, 7) is 6.81. The third-order valence-electron chi connectivity index (χ3n) is 5.96. The first kappa shape index (κ1) is 15.3. The van der Waals surface area contributed by atoms with Crippen molar-refractivity contribution in [3.8, 4) is 0 Å². The van der Waals surface area contributed by atoms with E-state index in [0.29, 0.717) is 6.61 Å². The van der Waals surface area contributed by atoms with Crippen molar-refractivity contribution in [3.05, 3.63) is 0 Å². The molecule has 2 rings (SSSR count). The molecule has 0 saturated carbocycles. The number of hydrogen-bond acceptors (Lipinski definition) is 3. The standard InChI is InChI=1S/C16H32N2O/c1-4-16(5-2,12-19)11-17-10-13-8-14-6-7-15(9-13)18(14)3/h13-15,17,19H,4-12H2,1-3H3. The number of fused-ring (bicyclic) bond motifs is 2. The molecule has 2 aliphatic rings. The lowest BCUT2D eigenvalue weighted by atomic mass is 9.83. The molecular weight excluding hydrogens is 236 g/mol. The Hall–Kier alpha value is -0.120. The fraction of sp³-hybridized carbons (Fsp3) is 1.00. The molecule has 3 nitrogen and oxygen atoms in total. The molecule has 0 amide bonds. The summed E-state index contributed by atoms with van der Waals surface area (Å²) in [6.07, 6.45) is 7.66. The summed E-state index contributed by atoms with van der Waals surface area (Å²) in [7, 11) is 2.30. The lowest BCUT2D eigenvalue weighted by Crippen LogP contribution is -2.44. The molecule has 0 aromatic carbocycles. The first-order valence-electron chi connectivity index (χ1n) is 8.17. The van der Waals surface area contributed by atoms with Crippen LogP contribution in [0.3, 0.4) is 0 Å². The van der Waals surface area contributed by atoms with Gasteiger partial charge in [-0.2, -0.15) is 0 Å². The van der Waals surface area contributed by atoms with Crippen molar-refractivity contribution in [1.29, 1.82) is 0 Å². The van der Waals surface area contributed by atoms with Gasteiger partial charge in [0.1, 0.15) is 0 Å². The van der Waals surface area contributed by atoms with Gasteiger partial charge in [-0.15, -0.1) is 0 Å². The Bertz CT molecular complexity index is 256. The van der Waals surface area contributed by atoms with Gasteiger partial charge in [0.25, 0.3) is 0 Å². The molecule has 19 heavy (non-hydrogen) atoms. The average Bonchev–Trinajstić information content (AvgIpc) is 2.67. The molecule has 2 heterocycles. The predicted molar refractivity (Wildman–Crippen MR) is 80.3 cm³/mol. The van der Waals surface area contributed by atoms with Crippen LogP contribution >= 0.6 is 0 Å². The van der Waals surface area contributed by atoms with E-state index in [1.54, 1.807) is 0 Å². The topological polar surface area (TPSA) is 35.5 Å². The van der Waals surface area contributed by atoms with Gasteiger partial charge in [-0.3, -0.25) is 0 Å². The van der Waals surface area contributed by atoms with Crippen LogP contribution in [0.2, 0.25) is 0 Å². The second-order valence-corrected chi connectivity index (χ2v) is 6.88. The molecule has 0 aromatic heterocycles. The third-order valence-corrected chi connectivity index (χ3v) is 5.96. The second kappa shape index (κ2) is 6.55. The minimum atomic E-state index is 0.102. The van der Waals surface area contributed by atoms with E-state index < -0.39 is 0 Å². The minimum Gasteiger partial charge on any atom is -0.396 e. The number of aliphatic hydroxyl groups excluding tert-OH is 1. The van der Waals surface area contributed by atoms with E-state index in [9.17, 15) is 5.11 Å². The van der Waals surface area contributed by atoms with Gasteiger partial charge < -0.3 is 15.3 Å². The van der Waals surface area contributed by atoms with Crippen molar-refractivity contribution in [3.63, 3.8) is 0 Å². The zero-order valence-electron chi connectivity index (χ0n) is 13.0. The summed E-state index contributed by atoms with van der Waals surface area (Å²) < 4.78 is 0. The maximum atomic E-state index is 9.60. The van der Waals surface area contributed by atoms with Crippen LogP contribution in [0.5, 0.6) is 0 Å². The summed E-state index contributed by atoms with van der Waals surface area (Å²) in [5.41, 5.74) is 0.102. The lowest BCUT2D eigenvalue weighted by molar-refractivity contribution is 0.103. The van der Waals surface area contributed by atoms with Crippen LogP contribution in [0.4, 0.5) is 0 Å². The highest BCUT2D eigenvalue weighted by atomic mass is 16.3. The van der Waals surface area contributed by atoms with Crippen molar-refractivity contribution < 1.29 is 5.11 Å². The molecule has 2 aliphatic heterocycles. The zero-order chi connectivity index (χ0) is 13.9. The number of piperidine rings is 1. The van der Waals surface area contributed by atoms with Gasteiger partial charge in [0.2, 0.25) is 0 Å². The Morgan fingerprint density at radius 3 is 2.21 bits per heavy atom. The predicted octanol–water partition coefficient (Wildman–Crippen LogP) is 2.25. The summed E-state index contributed by atoms with van der Waals surface area (Å²) in [6, 6.07) is 1.68. The van der Waals surface area contributed by atoms with Crippen LogP contribution in [0, 0.1) is 11.3 Å². The van der Waals surface area contributed by atoms with Crippen molar-refractivity contribution in [2.75, 3.05) is 26.7 Å². The lowest BCUT2D eigenvalue weighted by Gasteiger charge is -2.37. The van der Waals surface area contributed by atoms with Crippen molar-refractivity contribution in [2.24, 2.45) is 11.3 Å². The van der Waals surface area contributed by atoms with Gasteiger partial charge in [0.05, 0.1) is 0 Å². The van der Waals surface area contributed by atoms with Gasteiger partial charge >= 0.3 is 0 Å². The van der Waals surface area contributed by atoms with Gasteiger partial charge in [0.15, 0.2) is 0 Å². The highest BCUT2D eigenvalue weighted by Gasteiger charge is 2.38. The zero-order valence-corrected chi connectivity index (χ0v) is 13.0. The highest BCUT2D eigenvalue weighted by Crippen LogP contribution is 2.37. The second-order valence-electron chi connectivity index (χ2n) is 6.88. The average molecular weight is 268 g/mol. The van der Waals surface area contributed by atoms with Crippen LogP contribution < -0.4 is 5.32 Å². The molecule has 2 fully saturated rings. The molecule has 0 aromatic rings. The van der Waals surface area contributed by atoms with E-state index >= 15 is 0 Å². The van der Waals surface area contributed by atoms with Gasteiger partial charge in [-0.25, -0.2) is 0 Å². The van der Waals surface area contributed by atoms with E-state index in [-0.39, 0.29) is 5.41 Å². The largest absolute Gasteiger partial charge is 0.396 e. The molecule has 0 aliphatic carbocycles. The van der Waals surface area contributed by atoms with Crippen molar-refractivity contribution in [2.45, 2.75) is 64.5 Å². The van der Waals surface area contributed by atoms with Crippen LogP contribution in [0.15, 0.2) is 0 Å². The van der Waals surface area contributed by atoms with E-state index in [4.69, 9.17) is 0 Å². The number of hydrogen-bond donors (Lipinski definition) is 2. The highest BCUT2D eigenvalue weighted by molar-refractivity contribution is 4.94. The molecule has 0 spiro atoms. The number of aliphatic hydroxyl groups is 1. The van der Waals surface area contributed by atoms with E-state index in [1.165, 1.54) is 25.7 Å². The van der Waals surface area contributed by atoms with Crippen LogP contribution in [-0.2, 0) is 0 Å². The summed E-state index contributed by atoms with van der Waals surface area (Å²) in [5, 5.41) is 13.2. The first-order valence-corrected chi connectivity index (χ1v) is 8.17. The van der Waals surface area contributed by atoms with Crippen molar-refractivity contribution in [1.82, 2.24) is 10.2 Å². The van der Waals surface area contributed by atoms with E-state index in [0.717, 1.165) is 43.9 Å². The Morgan fingerprint density at radius 1 is 1.16 bits per heavy atom. The minimum absolute atomic E-state index is 0.102. The van der Waals surface area contributed by atoms with Gasteiger partial charge in [0, 0.05) is 30.7 Å². The number of rotatable bonds is 7. The van der Waals surface area contributed by atoms with Crippen LogP contribution in [-0.4, -0.2) is 48.8 Å². The monoisotopic (exact) mass is 268 g/mol. The molecule has 0 radical (unpaired) electrons. The molecule has 112 valence electrons. The smallest absolute Gasteiger partial charge is 0.0499 e. The maximum Gasteiger partial charge on any atom is 0.0499 e. The third kappa shape index (κ3) is 3.32. The summed E-state index contributed by atoms with van der Waals surface area (Å²) >= 11 is 0. The number of nitrogens with one attached hydrogen (secondary N) is 1. The van der Waals surface area contributed by atoms with Crippen LogP contribution in [0.25, 0.3) is 0 Å². The van der Waals surface area contributed by atoms with Gasteiger partial charge in [-0.1, -0.05) is 13.8 Å². The molecule has 3 heteroatoms. The summed E-state index contributed by atoms with van der Waals surface area (Å²) in [5.74, 6) is 0.846. The van der Waals surface area contributed by atoms with Gasteiger partial charge in [-0.05, 0) is 58.0 Å². The molecular formula is C16H32N2O. The molecule has 2 saturated heterocycles. The Balaban J connectivity index is 1.75. The number of nitrogens with zero attached hydrogens (tertiary/aromatic N) is 1.